The Morgan fingerprint density at radius 3 is 2.32 bits per heavy atom. The maximum atomic E-state index is 12.9. The van der Waals surface area contributed by atoms with Crippen molar-refractivity contribution >= 4 is 11.7 Å². The van der Waals surface area contributed by atoms with Crippen LogP contribution in [0.15, 0.2) is 0 Å². The van der Waals surface area contributed by atoms with E-state index < -0.39 is 5.41 Å². The summed E-state index contributed by atoms with van der Waals surface area (Å²) in [6.45, 7) is 8.98. The molecule has 1 amide bonds. The Labute approximate surface area is 115 Å². The first-order valence-corrected chi connectivity index (χ1v) is 7.20. The number of carbonyl (C=O) groups excluding carboxylic acids is 2. The maximum Gasteiger partial charge on any atom is 0.229 e. The van der Waals surface area contributed by atoms with Crippen molar-refractivity contribution in [3.8, 4) is 0 Å². The van der Waals surface area contributed by atoms with Crippen molar-refractivity contribution in [3.63, 3.8) is 0 Å². The number of fused-ring (bicyclic) bond motifs is 2. The van der Waals surface area contributed by atoms with Gasteiger partial charge in [0.2, 0.25) is 5.91 Å². The number of likely N-dealkylation sites (N-methyl/N-ethyl adjacent to an activating group) is 1. The van der Waals surface area contributed by atoms with E-state index in [4.69, 9.17) is 5.11 Å². The molecule has 2 saturated carbocycles. The second-order valence-corrected chi connectivity index (χ2v) is 6.75. The third-order valence-electron chi connectivity index (χ3n) is 6.15. The lowest BCUT2D eigenvalue weighted by Gasteiger charge is -2.41. The van der Waals surface area contributed by atoms with E-state index in [0.717, 1.165) is 12.8 Å². The van der Waals surface area contributed by atoms with Gasteiger partial charge in [-0.2, -0.15) is 0 Å². The Morgan fingerprint density at radius 2 is 1.95 bits per heavy atom. The van der Waals surface area contributed by atoms with Gasteiger partial charge in [0.25, 0.3) is 0 Å². The molecule has 4 heteroatoms. The van der Waals surface area contributed by atoms with Gasteiger partial charge in [0.05, 0.1) is 12.0 Å². The number of ketones is 1. The second kappa shape index (κ2) is 4.30. The van der Waals surface area contributed by atoms with Gasteiger partial charge in [-0.1, -0.05) is 20.8 Å². The zero-order valence-electron chi connectivity index (χ0n) is 12.5. The summed E-state index contributed by atoms with van der Waals surface area (Å²) < 4.78 is 0. The summed E-state index contributed by atoms with van der Waals surface area (Å²) >= 11 is 0. The number of aliphatic hydroxyl groups excluding tert-OH is 1. The van der Waals surface area contributed by atoms with Crippen molar-refractivity contribution in [2.45, 2.75) is 47.0 Å². The number of Topliss-reactive ketones (excluding diaryl/α,β-unsaturated/α-hetero) is 1. The van der Waals surface area contributed by atoms with Gasteiger partial charge in [-0.25, -0.2) is 0 Å². The number of rotatable bonds is 4. The van der Waals surface area contributed by atoms with E-state index in [1.54, 1.807) is 4.90 Å². The fraction of sp³-hybridized carbons (Fsp3) is 0.867. The first-order valence-electron chi connectivity index (χ1n) is 7.20. The SMILES string of the molecule is CCN(CCO)C(=O)[C@@]12CC[C@@](C)(C(=O)C1)C2(C)C. The predicted octanol–water partition coefficient (Wildman–Crippen LogP) is 1.61. The molecule has 4 nitrogen and oxygen atoms in total. The Bertz CT molecular complexity index is 418. The van der Waals surface area contributed by atoms with Crippen LogP contribution in [0, 0.1) is 16.2 Å². The number of aliphatic hydroxyl groups is 1. The molecule has 2 aliphatic rings. The second-order valence-electron chi connectivity index (χ2n) is 6.75. The minimum Gasteiger partial charge on any atom is -0.395 e. The molecule has 1 N–H and O–H groups in total. The lowest BCUT2D eigenvalue weighted by molar-refractivity contribution is -0.148. The fourth-order valence-electron chi connectivity index (χ4n) is 4.16. The van der Waals surface area contributed by atoms with Crippen LogP contribution in [0.4, 0.5) is 0 Å². The predicted molar refractivity (Wildman–Crippen MR) is 72.5 cm³/mol. The zero-order chi connectivity index (χ0) is 14.5. The molecular weight excluding hydrogens is 242 g/mol. The quantitative estimate of drug-likeness (QED) is 0.842. The lowest BCUT2D eigenvalue weighted by atomic mass is 9.64. The fourth-order valence-corrected chi connectivity index (χ4v) is 4.16. The minimum atomic E-state index is -0.552. The van der Waals surface area contributed by atoms with Gasteiger partial charge < -0.3 is 10.0 Å². The summed E-state index contributed by atoms with van der Waals surface area (Å²) in [7, 11) is 0. The molecule has 0 aromatic carbocycles. The van der Waals surface area contributed by atoms with Gasteiger partial charge in [-0.05, 0) is 25.2 Å². The van der Waals surface area contributed by atoms with Crippen molar-refractivity contribution in [3.05, 3.63) is 0 Å². The van der Waals surface area contributed by atoms with Crippen molar-refractivity contribution in [2.24, 2.45) is 16.2 Å². The van der Waals surface area contributed by atoms with Gasteiger partial charge in [0.15, 0.2) is 0 Å². The molecule has 0 saturated heterocycles. The minimum absolute atomic E-state index is 0.0265. The Morgan fingerprint density at radius 1 is 1.32 bits per heavy atom. The highest BCUT2D eigenvalue weighted by atomic mass is 16.3. The third kappa shape index (κ3) is 1.55. The Hall–Kier alpha value is -0.900. The summed E-state index contributed by atoms with van der Waals surface area (Å²) in [5.41, 5.74) is -1.21. The van der Waals surface area contributed by atoms with Crippen molar-refractivity contribution < 1.29 is 14.7 Å². The monoisotopic (exact) mass is 267 g/mol. The first-order chi connectivity index (χ1) is 8.77. The summed E-state index contributed by atoms with van der Waals surface area (Å²) in [5.74, 6) is 0.292. The molecule has 2 bridgehead atoms. The number of nitrogens with zero attached hydrogens (tertiary/aromatic N) is 1. The summed E-state index contributed by atoms with van der Waals surface area (Å²) in [6.07, 6.45) is 1.97. The molecule has 0 spiro atoms. The smallest absolute Gasteiger partial charge is 0.229 e. The number of amides is 1. The van der Waals surface area contributed by atoms with Crippen LogP contribution in [0.3, 0.4) is 0 Å². The van der Waals surface area contributed by atoms with Crippen LogP contribution in [0.5, 0.6) is 0 Å². The van der Waals surface area contributed by atoms with E-state index >= 15 is 0 Å². The summed E-state index contributed by atoms with van der Waals surface area (Å²) in [6, 6.07) is 0. The summed E-state index contributed by atoms with van der Waals surface area (Å²) in [5, 5.41) is 9.10. The molecule has 2 fully saturated rings. The van der Waals surface area contributed by atoms with E-state index in [1.807, 2.05) is 13.8 Å². The molecule has 19 heavy (non-hydrogen) atoms. The van der Waals surface area contributed by atoms with E-state index in [9.17, 15) is 9.59 Å². The Balaban J connectivity index is 2.39. The van der Waals surface area contributed by atoms with E-state index in [-0.39, 0.29) is 29.1 Å². The Kier molecular flexibility index (Phi) is 3.28. The van der Waals surface area contributed by atoms with Gasteiger partial charge >= 0.3 is 0 Å². The molecule has 0 radical (unpaired) electrons. The van der Waals surface area contributed by atoms with Crippen molar-refractivity contribution in [1.29, 1.82) is 0 Å². The average molecular weight is 267 g/mol. The lowest BCUT2D eigenvalue weighted by Crippen LogP contribution is -2.49. The van der Waals surface area contributed by atoms with Gasteiger partial charge in [-0.3, -0.25) is 9.59 Å². The molecule has 108 valence electrons. The van der Waals surface area contributed by atoms with Gasteiger partial charge in [0, 0.05) is 24.9 Å². The molecule has 0 aromatic heterocycles. The molecule has 2 atom stereocenters. The zero-order valence-corrected chi connectivity index (χ0v) is 12.5. The van der Waals surface area contributed by atoms with Crippen LogP contribution < -0.4 is 0 Å². The van der Waals surface area contributed by atoms with Crippen LogP contribution in [-0.4, -0.2) is 41.4 Å². The molecule has 2 aliphatic carbocycles. The van der Waals surface area contributed by atoms with E-state index in [1.165, 1.54) is 0 Å². The molecule has 0 aliphatic heterocycles. The number of carbonyl (C=O) groups is 2. The molecule has 2 rings (SSSR count). The highest BCUT2D eigenvalue weighted by Crippen LogP contribution is 2.70. The topological polar surface area (TPSA) is 57.6 Å². The number of hydrogen-bond donors (Lipinski definition) is 1. The largest absolute Gasteiger partial charge is 0.395 e. The van der Waals surface area contributed by atoms with E-state index in [0.29, 0.717) is 19.5 Å². The van der Waals surface area contributed by atoms with Crippen molar-refractivity contribution in [2.75, 3.05) is 19.7 Å². The van der Waals surface area contributed by atoms with Crippen LogP contribution in [0.1, 0.15) is 47.0 Å². The van der Waals surface area contributed by atoms with Crippen LogP contribution in [0.25, 0.3) is 0 Å². The summed E-state index contributed by atoms with van der Waals surface area (Å²) in [4.78, 5) is 26.9. The van der Waals surface area contributed by atoms with Gasteiger partial charge in [-0.15, -0.1) is 0 Å². The molecule has 0 heterocycles. The number of hydrogen-bond acceptors (Lipinski definition) is 3. The highest BCUT2D eigenvalue weighted by Gasteiger charge is 2.72. The van der Waals surface area contributed by atoms with E-state index in [2.05, 4.69) is 13.8 Å². The third-order valence-corrected chi connectivity index (χ3v) is 6.15. The molecule has 0 unspecified atom stereocenters. The first kappa shape index (κ1) is 14.5. The van der Waals surface area contributed by atoms with Crippen LogP contribution in [0.2, 0.25) is 0 Å². The molecular formula is C15H25NO3. The molecule has 0 aromatic rings. The highest BCUT2D eigenvalue weighted by molar-refractivity contribution is 5.99. The standard InChI is InChI=1S/C15H25NO3/c1-5-16(8-9-17)12(19)15-7-6-14(4,11(18)10-15)13(15,2)3/h17H,5-10H2,1-4H3/t14-,15+/m0/s1. The van der Waals surface area contributed by atoms with Crippen LogP contribution >= 0.6 is 0 Å². The van der Waals surface area contributed by atoms with Crippen molar-refractivity contribution in [1.82, 2.24) is 4.90 Å². The normalized spacial score (nSPS) is 35.7. The average Bonchev–Trinajstić information content (AvgIpc) is 2.65. The maximum absolute atomic E-state index is 12.9. The van der Waals surface area contributed by atoms with Crippen LogP contribution in [-0.2, 0) is 9.59 Å². The van der Waals surface area contributed by atoms with Gasteiger partial charge in [0.1, 0.15) is 5.78 Å².